The van der Waals surface area contributed by atoms with Gasteiger partial charge in [-0.3, -0.25) is 29.6 Å². The van der Waals surface area contributed by atoms with Gasteiger partial charge in [-0.1, -0.05) is 6.92 Å². The van der Waals surface area contributed by atoms with Crippen LogP contribution in [0.25, 0.3) is 0 Å². The van der Waals surface area contributed by atoms with E-state index in [1.54, 1.807) is 12.1 Å². The Labute approximate surface area is 173 Å². The predicted octanol–water partition coefficient (Wildman–Crippen LogP) is 2.29. The van der Waals surface area contributed by atoms with Gasteiger partial charge in [0, 0.05) is 42.2 Å². The lowest BCUT2D eigenvalue weighted by Crippen LogP contribution is -2.40. The van der Waals surface area contributed by atoms with Crippen LogP contribution in [0.15, 0.2) is 36.5 Å². The maximum Gasteiger partial charge on any atom is 0.269 e. The van der Waals surface area contributed by atoms with E-state index >= 15 is 0 Å². The number of nitro groups is 1. The molecule has 2 aliphatic heterocycles. The number of pyridine rings is 1. The van der Waals surface area contributed by atoms with Crippen LogP contribution < -0.4 is 10.6 Å². The van der Waals surface area contributed by atoms with Gasteiger partial charge in [0.25, 0.3) is 11.6 Å². The first-order valence-electron chi connectivity index (χ1n) is 10.1. The molecule has 2 unspecified atom stereocenters. The van der Waals surface area contributed by atoms with E-state index in [2.05, 4.69) is 27.4 Å². The molecule has 30 heavy (non-hydrogen) atoms. The Morgan fingerprint density at radius 2 is 2.20 bits per heavy atom. The van der Waals surface area contributed by atoms with Crippen LogP contribution in [0.1, 0.15) is 47.3 Å². The van der Waals surface area contributed by atoms with E-state index < -0.39 is 10.8 Å². The second-order valence-electron chi connectivity index (χ2n) is 7.56. The Bertz CT molecular complexity index is 991. The highest BCUT2D eigenvalue weighted by Gasteiger charge is 2.34. The van der Waals surface area contributed by atoms with E-state index in [0.717, 1.165) is 25.9 Å². The zero-order chi connectivity index (χ0) is 21.3. The Morgan fingerprint density at radius 1 is 1.37 bits per heavy atom. The summed E-state index contributed by atoms with van der Waals surface area (Å²) < 4.78 is 0. The molecule has 2 N–H and O–H groups in total. The number of fused-ring (bicyclic) bond motifs is 1. The molecular formula is C21H23N5O4. The molecule has 2 aliphatic rings. The number of benzene rings is 1. The average Bonchev–Trinajstić information content (AvgIpc) is 3.34. The number of hydrogen-bond acceptors (Lipinski definition) is 6. The number of amides is 2. The third-order valence-electron chi connectivity index (χ3n) is 5.82. The summed E-state index contributed by atoms with van der Waals surface area (Å²) in [5.41, 5.74) is 1.82. The quantitative estimate of drug-likeness (QED) is 0.558. The van der Waals surface area contributed by atoms with E-state index in [1.807, 2.05) is 0 Å². The molecule has 4 rings (SSSR count). The lowest BCUT2D eigenvalue weighted by Gasteiger charge is -2.22. The molecule has 1 fully saturated rings. The molecule has 1 aromatic carbocycles. The fourth-order valence-electron chi connectivity index (χ4n) is 4.22. The van der Waals surface area contributed by atoms with Crippen LogP contribution in [0.4, 0.5) is 11.4 Å². The van der Waals surface area contributed by atoms with Crippen molar-refractivity contribution >= 4 is 23.2 Å². The number of rotatable bonds is 6. The molecule has 1 saturated heterocycles. The van der Waals surface area contributed by atoms with Crippen LogP contribution in [-0.4, -0.2) is 52.3 Å². The predicted molar refractivity (Wildman–Crippen MR) is 110 cm³/mol. The summed E-state index contributed by atoms with van der Waals surface area (Å²) in [4.78, 5) is 42.2. The van der Waals surface area contributed by atoms with Gasteiger partial charge in [0.15, 0.2) is 0 Å². The number of nitro benzene ring substituents is 1. The lowest BCUT2D eigenvalue weighted by atomic mass is 9.96. The van der Waals surface area contributed by atoms with Crippen molar-refractivity contribution in [3.8, 4) is 0 Å². The minimum absolute atomic E-state index is 0.0840. The zero-order valence-electron chi connectivity index (χ0n) is 16.6. The number of nitrogens with one attached hydrogen (secondary N) is 2. The monoisotopic (exact) mass is 409 g/mol. The summed E-state index contributed by atoms with van der Waals surface area (Å²) in [7, 11) is 0. The molecule has 2 aromatic rings. The second-order valence-corrected chi connectivity index (χ2v) is 7.56. The Balaban J connectivity index is 1.48. The van der Waals surface area contributed by atoms with E-state index in [4.69, 9.17) is 0 Å². The first kappa shape index (κ1) is 20.0. The Morgan fingerprint density at radius 3 is 2.90 bits per heavy atom. The summed E-state index contributed by atoms with van der Waals surface area (Å²) in [6.07, 6.45) is 3.67. The number of anilines is 1. The molecule has 0 spiro atoms. The third kappa shape index (κ3) is 3.76. The highest BCUT2D eigenvalue weighted by atomic mass is 16.6. The van der Waals surface area contributed by atoms with Gasteiger partial charge in [-0.25, -0.2) is 0 Å². The van der Waals surface area contributed by atoms with Crippen molar-refractivity contribution in [2.45, 2.75) is 31.7 Å². The fourth-order valence-corrected chi connectivity index (χ4v) is 4.22. The molecular weight excluding hydrogens is 386 g/mol. The van der Waals surface area contributed by atoms with Crippen molar-refractivity contribution in [3.63, 3.8) is 0 Å². The number of carbonyl (C=O) groups is 2. The smallest absolute Gasteiger partial charge is 0.269 e. The van der Waals surface area contributed by atoms with Gasteiger partial charge >= 0.3 is 0 Å². The minimum atomic E-state index is -0.742. The van der Waals surface area contributed by atoms with Crippen molar-refractivity contribution in [2.75, 3.05) is 25.0 Å². The minimum Gasteiger partial charge on any atom is -0.350 e. The summed E-state index contributed by atoms with van der Waals surface area (Å²) in [5.74, 6) is -1.24. The van der Waals surface area contributed by atoms with Crippen LogP contribution in [-0.2, 0) is 4.79 Å². The number of hydrogen-bond donors (Lipinski definition) is 2. The average molecular weight is 409 g/mol. The number of carbonyl (C=O) groups excluding carboxylic acids is 2. The van der Waals surface area contributed by atoms with Gasteiger partial charge in [0.1, 0.15) is 5.92 Å². The van der Waals surface area contributed by atoms with Crippen molar-refractivity contribution in [1.82, 2.24) is 15.2 Å². The molecule has 2 amide bonds. The summed E-state index contributed by atoms with van der Waals surface area (Å²) >= 11 is 0. The third-order valence-corrected chi connectivity index (χ3v) is 5.82. The van der Waals surface area contributed by atoms with Gasteiger partial charge in [-0.05, 0) is 44.1 Å². The van der Waals surface area contributed by atoms with Crippen LogP contribution in [0.5, 0.6) is 0 Å². The molecule has 0 aliphatic carbocycles. The van der Waals surface area contributed by atoms with Gasteiger partial charge in [0.2, 0.25) is 5.91 Å². The van der Waals surface area contributed by atoms with Crippen LogP contribution >= 0.6 is 0 Å². The normalized spacial score (nSPS) is 20.6. The van der Waals surface area contributed by atoms with Crippen molar-refractivity contribution in [2.24, 2.45) is 0 Å². The molecule has 9 nitrogen and oxygen atoms in total. The number of likely N-dealkylation sites (N-methyl/N-ethyl adjacent to an activating group) is 1. The summed E-state index contributed by atoms with van der Waals surface area (Å²) in [5, 5.41) is 16.8. The molecule has 156 valence electrons. The standard InChI is InChI=1S/C21H23N5O4/c1-2-25-9-3-4-15(25)12-23-20(27)13-5-7-18(22-11-13)19-16-10-14(26(29)30)6-8-17(16)24-21(19)28/h5-8,10-11,15,19H,2-4,9,12H2,1H3,(H,23,27)(H,24,28). The van der Waals surface area contributed by atoms with E-state index in [1.165, 1.54) is 24.4 Å². The maximum absolute atomic E-state index is 12.5. The van der Waals surface area contributed by atoms with Crippen LogP contribution in [0.3, 0.4) is 0 Å². The molecule has 0 bridgehead atoms. The van der Waals surface area contributed by atoms with Crippen molar-refractivity contribution in [1.29, 1.82) is 0 Å². The number of likely N-dealkylation sites (tertiary alicyclic amines) is 1. The maximum atomic E-state index is 12.5. The molecule has 0 saturated carbocycles. The SMILES string of the molecule is CCN1CCCC1CNC(=O)c1ccc(C2C(=O)Nc3ccc([N+](=O)[O-])cc32)nc1. The van der Waals surface area contributed by atoms with Crippen LogP contribution in [0.2, 0.25) is 0 Å². The van der Waals surface area contributed by atoms with Crippen molar-refractivity contribution < 1.29 is 14.5 Å². The Hall–Kier alpha value is -3.33. The van der Waals surface area contributed by atoms with E-state index in [0.29, 0.717) is 35.1 Å². The second kappa shape index (κ2) is 8.19. The van der Waals surface area contributed by atoms with E-state index in [9.17, 15) is 19.7 Å². The zero-order valence-corrected chi connectivity index (χ0v) is 16.6. The topological polar surface area (TPSA) is 117 Å². The number of aromatic nitrogens is 1. The van der Waals surface area contributed by atoms with E-state index in [-0.39, 0.29) is 17.5 Å². The first-order chi connectivity index (χ1) is 14.5. The van der Waals surface area contributed by atoms with Gasteiger partial charge in [-0.2, -0.15) is 0 Å². The molecule has 3 heterocycles. The Kier molecular flexibility index (Phi) is 5.45. The first-order valence-corrected chi connectivity index (χ1v) is 10.1. The molecule has 9 heteroatoms. The van der Waals surface area contributed by atoms with Crippen molar-refractivity contribution in [3.05, 3.63) is 63.5 Å². The summed E-state index contributed by atoms with van der Waals surface area (Å²) in [6, 6.07) is 7.89. The van der Waals surface area contributed by atoms with Gasteiger partial charge < -0.3 is 10.6 Å². The molecule has 2 atom stereocenters. The van der Waals surface area contributed by atoms with Crippen LogP contribution in [0, 0.1) is 10.1 Å². The number of nitrogens with zero attached hydrogens (tertiary/aromatic N) is 3. The largest absolute Gasteiger partial charge is 0.350 e. The lowest BCUT2D eigenvalue weighted by molar-refractivity contribution is -0.384. The molecule has 0 radical (unpaired) electrons. The summed E-state index contributed by atoms with van der Waals surface area (Å²) in [6.45, 7) is 4.75. The fraction of sp³-hybridized carbons (Fsp3) is 0.381. The highest BCUT2D eigenvalue weighted by molar-refractivity contribution is 6.05. The highest BCUT2D eigenvalue weighted by Crippen LogP contribution is 2.38. The van der Waals surface area contributed by atoms with Gasteiger partial charge in [-0.15, -0.1) is 0 Å². The number of non-ortho nitro benzene ring substituents is 1. The molecule has 1 aromatic heterocycles. The van der Waals surface area contributed by atoms with Gasteiger partial charge in [0.05, 0.1) is 16.2 Å².